The van der Waals surface area contributed by atoms with E-state index in [2.05, 4.69) is 9.97 Å². The normalized spacial score (nSPS) is 15.9. The van der Waals surface area contributed by atoms with E-state index < -0.39 is 5.97 Å². The average Bonchev–Trinajstić information content (AvgIpc) is 2.53. The van der Waals surface area contributed by atoms with Crippen LogP contribution >= 0.6 is 0 Å². The van der Waals surface area contributed by atoms with Gasteiger partial charge < -0.3 is 19.5 Å². The zero-order valence-corrected chi connectivity index (χ0v) is 13.1. The number of aliphatic hydroxyl groups is 1. The Labute approximate surface area is 130 Å². The largest absolute Gasteiger partial charge is 0.462 e. The summed E-state index contributed by atoms with van der Waals surface area (Å²) in [5.41, 5.74) is 0.882. The number of aliphatic hydroxyl groups excluding tert-OH is 1. The molecule has 0 radical (unpaired) electrons. The van der Waals surface area contributed by atoms with Crippen LogP contribution in [0.1, 0.15) is 42.7 Å². The third-order valence-corrected chi connectivity index (χ3v) is 3.54. The van der Waals surface area contributed by atoms with E-state index in [1.807, 2.05) is 11.8 Å². The third kappa shape index (κ3) is 4.14. The van der Waals surface area contributed by atoms with Gasteiger partial charge in [0.15, 0.2) is 0 Å². The van der Waals surface area contributed by atoms with Crippen LogP contribution in [0.25, 0.3) is 0 Å². The zero-order valence-electron chi connectivity index (χ0n) is 13.1. The Hall–Kier alpha value is -1.73. The molecule has 1 aliphatic rings. The van der Waals surface area contributed by atoms with Crippen molar-refractivity contribution < 1.29 is 19.4 Å². The second-order valence-electron chi connectivity index (χ2n) is 5.11. The second-order valence-corrected chi connectivity index (χ2v) is 5.11. The molecule has 0 saturated carbocycles. The van der Waals surface area contributed by atoms with Crippen LogP contribution in [0, 0.1) is 0 Å². The van der Waals surface area contributed by atoms with Crippen LogP contribution < -0.4 is 4.90 Å². The highest BCUT2D eigenvalue weighted by molar-refractivity contribution is 5.90. The van der Waals surface area contributed by atoms with Crippen LogP contribution in [-0.2, 0) is 16.1 Å². The summed E-state index contributed by atoms with van der Waals surface area (Å²) < 4.78 is 10.4. The summed E-state index contributed by atoms with van der Waals surface area (Å²) in [7, 11) is 0. The van der Waals surface area contributed by atoms with Gasteiger partial charge in [0.1, 0.15) is 5.56 Å². The van der Waals surface area contributed by atoms with Gasteiger partial charge in [-0.3, -0.25) is 0 Å². The van der Waals surface area contributed by atoms with Gasteiger partial charge in [0.05, 0.1) is 25.0 Å². The first-order chi connectivity index (χ1) is 10.7. The minimum atomic E-state index is -0.433. The standard InChI is InChI=1S/C15H23N3O4/c1-3-21-10-13-12(14(20)22-4-2)9-16-15(17-13)18-7-5-11(19)6-8-18/h9,11,19H,3-8,10H2,1-2H3. The maximum Gasteiger partial charge on any atom is 0.341 e. The fourth-order valence-electron chi connectivity index (χ4n) is 2.31. The fourth-order valence-corrected chi connectivity index (χ4v) is 2.31. The maximum absolute atomic E-state index is 12.0. The molecule has 22 heavy (non-hydrogen) atoms. The van der Waals surface area contributed by atoms with Crippen LogP contribution in [0.15, 0.2) is 6.20 Å². The molecular formula is C15H23N3O4. The van der Waals surface area contributed by atoms with E-state index >= 15 is 0 Å². The summed E-state index contributed by atoms with van der Waals surface area (Å²) in [6.07, 6.45) is 2.64. The summed E-state index contributed by atoms with van der Waals surface area (Å²) in [5.74, 6) is 0.132. The number of piperidine rings is 1. The lowest BCUT2D eigenvalue weighted by Crippen LogP contribution is -2.37. The quantitative estimate of drug-likeness (QED) is 0.789. The van der Waals surface area contributed by atoms with Gasteiger partial charge in [0.25, 0.3) is 0 Å². The van der Waals surface area contributed by atoms with Gasteiger partial charge in [-0.15, -0.1) is 0 Å². The first kappa shape index (κ1) is 16.6. The van der Waals surface area contributed by atoms with E-state index in [4.69, 9.17) is 9.47 Å². The van der Waals surface area contributed by atoms with E-state index in [9.17, 15) is 9.90 Å². The van der Waals surface area contributed by atoms with E-state index in [0.717, 1.165) is 0 Å². The van der Waals surface area contributed by atoms with Crippen LogP contribution in [0.4, 0.5) is 5.95 Å². The molecule has 0 amide bonds. The number of hydrogen-bond acceptors (Lipinski definition) is 7. The van der Waals surface area contributed by atoms with E-state index in [1.54, 1.807) is 6.92 Å². The number of carbonyl (C=O) groups is 1. The molecule has 1 aromatic heterocycles. The molecular weight excluding hydrogens is 286 g/mol. The van der Waals surface area contributed by atoms with Crippen molar-refractivity contribution in [3.8, 4) is 0 Å². The third-order valence-electron chi connectivity index (χ3n) is 3.54. The van der Waals surface area contributed by atoms with E-state index in [-0.39, 0.29) is 12.7 Å². The Kier molecular flexibility index (Phi) is 6.09. The van der Waals surface area contributed by atoms with Crippen molar-refractivity contribution in [1.82, 2.24) is 9.97 Å². The molecule has 0 aromatic carbocycles. The summed E-state index contributed by atoms with van der Waals surface area (Å²) in [6.45, 7) is 6.14. The van der Waals surface area contributed by atoms with Crippen molar-refractivity contribution in [3.05, 3.63) is 17.5 Å². The monoisotopic (exact) mass is 309 g/mol. The minimum absolute atomic E-state index is 0.247. The summed E-state index contributed by atoms with van der Waals surface area (Å²) in [4.78, 5) is 22.7. The Morgan fingerprint density at radius 3 is 2.73 bits per heavy atom. The first-order valence-electron chi connectivity index (χ1n) is 7.69. The second kappa shape index (κ2) is 8.05. The van der Waals surface area contributed by atoms with Gasteiger partial charge in [-0.25, -0.2) is 14.8 Å². The lowest BCUT2D eigenvalue weighted by Gasteiger charge is -2.29. The molecule has 122 valence electrons. The summed E-state index contributed by atoms with van der Waals surface area (Å²) in [6, 6.07) is 0. The minimum Gasteiger partial charge on any atom is -0.462 e. The predicted octanol–water partition coefficient (Wildman–Crippen LogP) is 1.15. The van der Waals surface area contributed by atoms with Crippen molar-refractivity contribution >= 4 is 11.9 Å². The highest BCUT2D eigenvalue weighted by Gasteiger charge is 2.22. The van der Waals surface area contributed by atoms with Gasteiger partial charge in [0.2, 0.25) is 5.95 Å². The first-order valence-corrected chi connectivity index (χ1v) is 7.69. The lowest BCUT2D eigenvalue weighted by atomic mass is 10.1. The van der Waals surface area contributed by atoms with Crippen LogP contribution in [0.5, 0.6) is 0 Å². The molecule has 0 unspecified atom stereocenters. The molecule has 0 aliphatic carbocycles. The molecule has 1 N–H and O–H groups in total. The SMILES string of the molecule is CCOCc1nc(N2CCC(O)CC2)ncc1C(=O)OCC. The van der Waals surface area contributed by atoms with Crippen molar-refractivity contribution in [2.75, 3.05) is 31.2 Å². The smallest absolute Gasteiger partial charge is 0.341 e. The molecule has 1 saturated heterocycles. The molecule has 0 atom stereocenters. The van der Waals surface area contributed by atoms with E-state index in [0.29, 0.717) is 56.4 Å². The number of ether oxygens (including phenoxy) is 2. The van der Waals surface area contributed by atoms with Crippen molar-refractivity contribution in [2.24, 2.45) is 0 Å². The molecule has 1 aliphatic heterocycles. The van der Waals surface area contributed by atoms with Gasteiger partial charge in [-0.2, -0.15) is 0 Å². The van der Waals surface area contributed by atoms with Gasteiger partial charge in [-0.05, 0) is 26.7 Å². The van der Waals surface area contributed by atoms with Gasteiger partial charge in [-0.1, -0.05) is 0 Å². The molecule has 1 fully saturated rings. The number of anilines is 1. The fraction of sp³-hybridized carbons (Fsp3) is 0.667. The highest BCUT2D eigenvalue weighted by Crippen LogP contribution is 2.18. The molecule has 2 rings (SSSR count). The number of rotatable bonds is 6. The molecule has 0 spiro atoms. The van der Waals surface area contributed by atoms with Crippen LogP contribution in [0.2, 0.25) is 0 Å². The molecule has 1 aromatic rings. The van der Waals surface area contributed by atoms with Crippen molar-refractivity contribution in [2.45, 2.75) is 39.4 Å². The Balaban J connectivity index is 2.20. The Morgan fingerprint density at radius 2 is 2.09 bits per heavy atom. The summed E-state index contributed by atoms with van der Waals surface area (Å²) in [5, 5.41) is 9.57. The lowest BCUT2D eigenvalue weighted by molar-refractivity contribution is 0.0517. The highest BCUT2D eigenvalue weighted by atomic mass is 16.5. The molecule has 2 heterocycles. The molecule has 7 nitrogen and oxygen atoms in total. The number of aromatic nitrogens is 2. The van der Waals surface area contributed by atoms with Crippen LogP contribution in [0.3, 0.4) is 0 Å². The maximum atomic E-state index is 12.0. The van der Waals surface area contributed by atoms with Crippen molar-refractivity contribution in [1.29, 1.82) is 0 Å². The van der Waals surface area contributed by atoms with E-state index in [1.165, 1.54) is 6.20 Å². The summed E-state index contributed by atoms with van der Waals surface area (Å²) >= 11 is 0. The topological polar surface area (TPSA) is 84.8 Å². The Bertz CT molecular complexity index is 502. The van der Waals surface area contributed by atoms with Gasteiger partial charge >= 0.3 is 5.97 Å². The number of esters is 1. The van der Waals surface area contributed by atoms with Crippen LogP contribution in [-0.4, -0.2) is 53.5 Å². The number of carbonyl (C=O) groups excluding carboxylic acids is 1. The van der Waals surface area contributed by atoms with Gasteiger partial charge in [0, 0.05) is 25.9 Å². The number of hydrogen-bond donors (Lipinski definition) is 1. The average molecular weight is 309 g/mol. The molecule has 0 bridgehead atoms. The number of nitrogens with zero attached hydrogens (tertiary/aromatic N) is 3. The van der Waals surface area contributed by atoms with Crippen molar-refractivity contribution in [3.63, 3.8) is 0 Å². The zero-order chi connectivity index (χ0) is 15.9. The molecule has 7 heteroatoms. The Morgan fingerprint density at radius 1 is 1.36 bits per heavy atom. The predicted molar refractivity (Wildman–Crippen MR) is 80.8 cm³/mol.